The van der Waals surface area contributed by atoms with Crippen molar-refractivity contribution < 1.29 is 57.5 Å². The van der Waals surface area contributed by atoms with Crippen LogP contribution in [0.3, 0.4) is 0 Å². The number of halogens is 1. The number of phenolic OH excluding ortho intramolecular Hbond substituents is 1. The Bertz CT molecular complexity index is 1290. The second kappa shape index (κ2) is 14.1. The van der Waals surface area contributed by atoms with Crippen molar-refractivity contribution in [2.75, 3.05) is 6.61 Å². The molecule has 41 heavy (non-hydrogen) atoms. The maximum atomic E-state index is 12.8. The highest BCUT2D eigenvalue weighted by atomic mass is 79.9. The topological polar surface area (TPSA) is 161 Å². The van der Waals surface area contributed by atoms with Gasteiger partial charge in [0.2, 0.25) is 12.4 Å². The Morgan fingerprint density at radius 1 is 0.805 bits per heavy atom. The molecule has 2 aromatic carbocycles. The van der Waals surface area contributed by atoms with Gasteiger partial charge in [0.25, 0.3) is 0 Å². The summed E-state index contributed by atoms with van der Waals surface area (Å²) in [7, 11) is 0. The molecule has 0 amide bonds. The van der Waals surface area contributed by atoms with Gasteiger partial charge in [0.15, 0.2) is 18.0 Å². The minimum atomic E-state index is -1.49. The lowest BCUT2D eigenvalue weighted by atomic mass is 9.98. The fourth-order valence-electron chi connectivity index (χ4n) is 4.12. The van der Waals surface area contributed by atoms with E-state index in [1.54, 1.807) is 24.3 Å². The van der Waals surface area contributed by atoms with Gasteiger partial charge in [-0.3, -0.25) is 24.0 Å². The van der Waals surface area contributed by atoms with Gasteiger partial charge in [-0.05, 0) is 29.8 Å². The number of aromatic hydroxyl groups is 1. The molecule has 0 unspecified atom stereocenters. The zero-order valence-corrected chi connectivity index (χ0v) is 24.2. The first-order chi connectivity index (χ1) is 19.3. The Hall–Kier alpha value is -3.97. The number of benzene rings is 2. The van der Waals surface area contributed by atoms with Crippen molar-refractivity contribution in [3.63, 3.8) is 0 Å². The fraction of sp³-hybridized carbons (Fsp3) is 0.393. The molecule has 0 aromatic heterocycles. The second-order valence-electron chi connectivity index (χ2n) is 9.09. The number of carbonyl (C=O) groups is 5. The third-order valence-corrected chi connectivity index (χ3v) is 6.28. The molecule has 2 aromatic rings. The number of phenols is 1. The summed E-state index contributed by atoms with van der Waals surface area (Å²) < 4.78 is 33.7. The molecule has 1 aliphatic heterocycles. The van der Waals surface area contributed by atoms with Gasteiger partial charge in [0.05, 0.1) is 5.56 Å². The lowest BCUT2D eigenvalue weighted by molar-refractivity contribution is -0.288. The van der Waals surface area contributed by atoms with Crippen LogP contribution in [-0.2, 0) is 49.3 Å². The van der Waals surface area contributed by atoms with E-state index in [0.29, 0.717) is 0 Å². The molecule has 0 aliphatic carbocycles. The van der Waals surface area contributed by atoms with E-state index in [0.717, 1.165) is 37.7 Å². The zero-order valence-electron chi connectivity index (χ0n) is 22.7. The SMILES string of the molecule is CC(=O)OC[C@@H]1O[C@@H](Oc2ccc(C(=O)Cc3ccc(Br)cc3)c(O)c2)[C@@H](OC(C)=O)[C@@H](OC(C)=O)[C@@H]1OC(C)=O. The Labute approximate surface area is 243 Å². The molecule has 0 bridgehead atoms. The van der Waals surface area contributed by atoms with Crippen molar-refractivity contribution in [1.29, 1.82) is 0 Å². The van der Waals surface area contributed by atoms with Crippen molar-refractivity contribution in [1.82, 2.24) is 0 Å². The summed E-state index contributed by atoms with van der Waals surface area (Å²) in [4.78, 5) is 60.1. The van der Waals surface area contributed by atoms with Gasteiger partial charge >= 0.3 is 23.9 Å². The molecule has 1 aliphatic rings. The van der Waals surface area contributed by atoms with E-state index >= 15 is 0 Å². The quantitative estimate of drug-likeness (QED) is 0.231. The molecular formula is C28H29BrO12. The monoisotopic (exact) mass is 636 g/mol. The van der Waals surface area contributed by atoms with Gasteiger partial charge < -0.3 is 33.5 Å². The van der Waals surface area contributed by atoms with E-state index in [4.69, 9.17) is 28.4 Å². The minimum Gasteiger partial charge on any atom is -0.507 e. The van der Waals surface area contributed by atoms with Crippen LogP contribution < -0.4 is 4.74 Å². The van der Waals surface area contributed by atoms with E-state index in [1.807, 2.05) is 0 Å². The van der Waals surface area contributed by atoms with Crippen molar-refractivity contribution in [3.05, 3.63) is 58.1 Å². The molecule has 3 rings (SSSR count). The molecule has 1 saturated heterocycles. The molecule has 1 N–H and O–H groups in total. The molecule has 1 heterocycles. The van der Waals surface area contributed by atoms with Crippen LogP contribution in [0, 0.1) is 0 Å². The van der Waals surface area contributed by atoms with Crippen LogP contribution in [0.5, 0.6) is 11.5 Å². The number of ether oxygens (including phenoxy) is 6. The summed E-state index contributed by atoms with van der Waals surface area (Å²) >= 11 is 3.34. The average Bonchev–Trinajstić information content (AvgIpc) is 2.87. The number of hydrogen-bond donors (Lipinski definition) is 1. The highest BCUT2D eigenvalue weighted by Gasteiger charge is 2.53. The molecule has 0 radical (unpaired) electrons. The van der Waals surface area contributed by atoms with Crippen molar-refractivity contribution >= 4 is 45.6 Å². The smallest absolute Gasteiger partial charge is 0.303 e. The second-order valence-corrected chi connectivity index (χ2v) is 10.0. The summed E-state index contributed by atoms with van der Waals surface area (Å²) in [6, 6.07) is 11.1. The summed E-state index contributed by atoms with van der Waals surface area (Å²) in [6.45, 7) is 4.05. The first kappa shape index (κ1) is 31.6. The fourth-order valence-corrected chi connectivity index (χ4v) is 4.39. The number of ketones is 1. The van der Waals surface area contributed by atoms with Gasteiger partial charge in [0.1, 0.15) is 24.2 Å². The largest absolute Gasteiger partial charge is 0.507 e. The predicted octanol–water partition coefficient (Wildman–Crippen LogP) is 3.04. The van der Waals surface area contributed by atoms with Crippen LogP contribution >= 0.6 is 15.9 Å². The molecule has 220 valence electrons. The third-order valence-electron chi connectivity index (χ3n) is 5.75. The molecule has 0 spiro atoms. The Morgan fingerprint density at radius 2 is 1.39 bits per heavy atom. The molecule has 1 fully saturated rings. The van der Waals surface area contributed by atoms with E-state index in [1.165, 1.54) is 18.2 Å². The van der Waals surface area contributed by atoms with Crippen molar-refractivity contribution in [3.8, 4) is 11.5 Å². The summed E-state index contributed by atoms with van der Waals surface area (Å²) in [5.41, 5.74) is 0.789. The summed E-state index contributed by atoms with van der Waals surface area (Å²) in [6.07, 6.45) is -6.86. The minimum absolute atomic E-state index is 0.00333. The van der Waals surface area contributed by atoms with Crippen LogP contribution in [0.2, 0.25) is 0 Å². The van der Waals surface area contributed by atoms with Crippen LogP contribution in [-0.4, -0.2) is 72.1 Å². The van der Waals surface area contributed by atoms with Gasteiger partial charge in [-0.2, -0.15) is 0 Å². The zero-order chi connectivity index (χ0) is 30.3. The van der Waals surface area contributed by atoms with Gasteiger partial charge in [-0.15, -0.1) is 0 Å². The standard InChI is InChI=1S/C28H29BrO12/c1-14(30)36-13-24-25(37-15(2)31)26(38-16(3)32)27(39-17(4)33)28(41-24)40-20-9-10-21(23(35)12-20)22(34)11-18-5-7-19(29)8-6-18/h5-10,12,24-28,35H,11,13H2,1-4H3/t24-,25+,26-,27-,28+/m0/s1. The van der Waals surface area contributed by atoms with E-state index in [9.17, 15) is 29.1 Å². The number of carbonyl (C=O) groups excluding carboxylic acids is 5. The van der Waals surface area contributed by atoms with Crippen LogP contribution in [0.4, 0.5) is 0 Å². The predicted molar refractivity (Wildman–Crippen MR) is 143 cm³/mol. The molecule has 13 heteroatoms. The first-order valence-electron chi connectivity index (χ1n) is 12.4. The first-order valence-corrected chi connectivity index (χ1v) is 13.2. The summed E-state index contributed by atoms with van der Waals surface area (Å²) in [5, 5.41) is 10.6. The van der Waals surface area contributed by atoms with Gasteiger partial charge in [0, 0.05) is 44.7 Å². The van der Waals surface area contributed by atoms with Crippen LogP contribution in [0.1, 0.15) is 43.6 Å². The number of esters is 4. The Balaban J connectivity index is 1.90. The lowest BCUT2D eigenvalue weighted by Gasteiger charge is -2.43. The highest BCUT2D eigenvalue weighted by molar-refractivity contribution is 9.10. The number of hydrogen-bond acceptors (Lipinski definition) is 12. The average molecular weight is 637 g/mol. The van der Waals surface area contributed by atoms with Crippen LogP contribution in [0.25, 0.3) is 0 Å². The number of rotatable bonds is 10. The van der Waals surface area contributed by atoms with Crippen molar-refractivity contribution in [2.45, 2.75) is 64.8 Å². The summed E-state index contributed by atoms with van der Waals surface area (Å²) in [5.74, 6) is -3.73. The lowest BCUT2D eigenvalue weighted by Crippen LogP contribution is -2.63. The number of Topliss-reactive ketones (excluding diaryl/α,β-unsaturated/α-hetero) is 1. The van der Waals surface area contributed by atoms with E-state index in [-0.39, 0.29) is 29.3 Å². The Morgan fingerprint density at radius 3 is 1.95 bits per heavy atom. The third kappa shape index (κ3) is 9.02. The van der Waals surface area contributed by atoms with Crippen molar-refractivity contribution in [2.24, 2.45) is 0 Å². The Kier molecular flexibility index (Phi) is 10.8. The molecule has 12 nitrogen and oxygen atoms in total. The molecule has 0 saturated carbocycles. The molecular weight excluding hydrogens is 608 g/mol. The van der Waals surface area contributed by atoms with Gasteiger partial charge in [-0.25, -0.2) is 0 Å². The highest BCUT2D eigenvalue weighted by Crippen LogP contribution is 2.33. The van der Waals surface area contributed by atoms with E-state index in [2.05, 4.69) is 15.9 Å². The van der Waals surface area contributed by atoms with Crippen LogP contribution in [0.15, 0.2) is 46.9 Å². The normalized spacial score (nSPS) is 21.7. The van der Waals surface area contributed by atoms with Gasteiger partial charge in [-0.1, -0.05) is 28.1 Å². The maximum Gasteiger partial charge on any atom is 0.303 e. The molecule has 5 atom stereocenters. The van der Waals surface area contributed by atoms with E-state index < -0.39 is 61.2 Å². The maximum absolute atomic E-state index is 12.8.